The van der Waals surface area contributed by atoms with E-state index in [0.29, 0.717) is 12.1 Å². The number of benzene rings is 1. The van der Waals surface area contributed by atoms with Crippen molar-refractivity contribution in [2.24, 2.45) is 0 Å². The maximum Gasteiger partial charge on any atom is 1.00 e. The van der Waals surface area contributed by atoms with Gasteiger partial charge in [0.15, 0.2) is 0 Å². The maximum absolute atomic E-state index is 10.9. The van der Waals surface area contributed by atoms with E-state index in [-0.39, 0.29) is 118 Å². The fourth-order valence-corrected chi connectivity index (χ4v) is 0.879. The van der Waals surface area contributed by atoms with E-state index >= 15 is 0 Å². The molecule has 0 amide bonds. The second-order valence-electron chi connectivity index (χ2n) is 2.42. The topological polar surface area (TPSA) is 126 Å². The van der Waals surface area contributed by atoms with Crippen molar-refractivity contribution in [3.05, 3.63) is 23.3 Å². The number of carbonyl (C=O) groups is 2. The normalized spacial score (nSPS) is 7.56. The molecule has 0 aliphatic heterocycles. The molecule has 18 heavy (non-hydrogen) atoms. The molecule has 1 aromatic carbocycles. The molecule has 0 spiro atoms. The van der Waals surface area contributed by atoms with Crippen molar-refractivity contribution in [1.82, 2.24) is 0 Å². The Hall–Kier alpha value is 1.76. The third-order valence-electron chi connectivity index (χ3n) is 1.52. The van der Waals surface area contributed by atoms with Crippen LogP contribution in [0.1, 0.15) is 20.7 Å². The Kier molecular flexibility index (Phi) is 19.4. The van der Waals surface area contributed by atoms with Crippen LogP contribution in [0.2, 0.25) is 0 Å². The minimum absolute atomic E-state index is 0. The van der Waals surface area contributed by atoms with Crippen LogP contribution in [0.5, 0.6) is 11.5 Å². The van der Waals surface area contributed by atoms with Crippen LogP contribution in [-0.4, -0.2) is 11.9 Å². The molecule has 0 fully saturated rings. The molecule has 0 saturated carbocycles. The van der Waals surface area contributed by atoms with Gasteiger partial charge in [-0.2, -0.15) is 0 Å². The van der Waals surface area contributed by atoms with E-state index in [9.17, 15) is 30.0 Å². The number of aromatic carboxylic acids is 2. The molecule has 0 heterocycles. The first-order valence-electron chi connectivity index (χ1n) is 3.38. The fourth-order valence-electron chi connectivity index (χ4n) is 0.879. The Morgan fingerprint density at radius 3 is 1.11 bits per heavy atom. The first-order chi connectivity index (χ1) is 6.43. The van der Waals surface area contributed by atoms with Crippen molar-refractivity contribution in [2.75, 3.05) is 0 Å². The number of hydrogen-bond donors (Lipinski definition) is 0. The van der Waals surface area contributed by atoms with Crippen molar-refractivity contribution in [3.8, 4) is 11.5 Å². The zero-order valence-corrected chi connectivity index (χ0v) is 18.6. The minimum atomic E-state index is -1.82. The summed E-state index contributed by atoms with van der Waals surface area (Å²) in [6.07, 6.45) is 0. The molecule has 0 atom stereocenters. The van der Waals surface area contributed by atoms with E-state index in [2.05, 4.69) is 0 Å². The Bertz CT molecular complexity index is 383. The van der Waals surface area contributed by atoms with Gasteiger partial charge in [-0.1, -0.05) is 23.6 Å². The minimum Gasteiger partial charge on any atom is -0.872 e. The van der Waals surface area contributed by atoms with E-state index < -0.39 is 34.6 Å². The average molecular weight is 286 g/mol. The van der Waals surface area contributed by atoms with Gasteiger partial charge in [0.25, 0.3) is 0 Å². The van der Waals surface area contributed by atoms with E-state index in [4.69, 9.17) is 0 Å². The Morgan fingerprint density at radius 2 is 0.944 bits per heavy atom. The summed E-state index contributed by atoms with van der Waals surface area (Å²) >= 11 is 0. The summed E-state index contributed by atoms with van der Waals surface area (Å²) in [5.74, 6) is -5.83. The maximum atomic E-state index is 10.9. The Labute approximate surface area is 191 Å². The third-order valence-corrected chi connectivity index (χ3v) is 1.52. The molecule has 74 valence electrons. The van der Waals surface area contributed by atoms with Gasteiger partial charge in [0, 0.05) is 0 Å². The molecule has 0 radical (unpaired) electrons. The average Bonchev–Trinajstić information content (AvgIpc) is 2.07. The van der Waals surface area contributed by atoms with E-state index in [1.807, 2.05) is 0 Å². The molecule has 0 unspecified atom stereocenters. The largest absolute Gasteiger partial charge is 1.00 e. The number of carboxylic acid groups (broad SMARTS) is 2. The Morgan fingerprint density at radius 1 is 0.722 bits per heavy atom. The SMILES string of the molecule is O=C([O-])c1cc([O-])c(C(=O)[O-])cc1[O-].[Na+].[Na+].[Na+].[Na+]. The van der Waals surface area contributed by atoms with Crippen molar-refractivity contribution < 1.29 is 148 Å². The fraction of sp³-hybridized carbons (Fsp3) is 0. The molecule has 0 aromatic heterocycles. The number of carboxylic acids is 2. The predicted octanol–water partition coefficient (Wildman–Crippen LogP) is -15.4. The van der Waals surface area contributed by atoms with Crippen LogP contribution in [-0.2, 0) is 0 Å². The molecule has 10 heteroatoms. The molecule has 1 aromatic rings. The van der Waals surface area contributed by atoms with Gasteiger partial charge < -0.3 is 30.0 Å². The monoisotopic (exact) mass is 286 g/mol. The Balaban J connectivity index is -0.000000245. The van der Waals surface area contributed by atoms with Crippen molar-refractivity contribution in [2.45, 2.75) is 0 Å². The predicted molar refractivity (Wildman–Crippen MR) is 34.0 cm³/mol. The zero-order chi connectivity index (χ0) is 10.9. The van der Waals surface area contributed by atoms with Gasteiger partial charge in [0.2, 0.25) is 0 Å². The molecular weight excluding hydrogens is 284 g/mol. The van der Waals surface area contributed by atoms with Crippen LogP contribution in [0.4, 0.5) is 0 Å². The summed E-state index contributed by atoms with van der Waals surface area (Å²) in [5.41, 5.74) is -1.72. The summed E-state index contributed by atoms with van der Waals surface area (Å²) in [6.45, 7) is 0. The summed E-state index contributed by atoms with van der Waals surface area (Å²) in [5, 5.41) is 42.3. The van der Waals surface area contributed by atoms with Gasteiger partial charge in [-0.25, -0.2) is 0 Å². The van der Waals surface area contributed by atoms with E-state index in [0.717, 1.165) is 0 Å². The molecular formula is C8H2Na4O6. The van der Waals surface area contributed by atoms with E-state index in [1.54, 1.807) is 0 Å². The van der Waals surface area contributed by atoms with Gasteiger partial charge in [-0.15, -0.1) is 0 Å². The molecule has 0 aliphatic carbocycles. The van der Waals surface area contributed by atoms with Gasteiger partial charge in [0.1, 0.15) is 0 Å². The smallest absolute Gasteiger partial charge is 0.872 e. The van der Waals surface area contributed by atoms with Gasteiger partial charge in [-0.05, 0) is 11.1 Å². The quantitative estimate of drug-likeness (QED) is 0.497. The summed E-state index contributed by atoms with van der Waals surface area (Å²) < 4.78 is 0. The van der Waals surface area contributed by atoms with Crippen LogP contribution in [0.15, 0.2) is 12.1 Å². The van der Waals surface area contributed by atoms with Gasteiger partial charge in [-0.3, -0.25) is 0 Å². The first kappa shape index (κ1) is 28.0. The molecule has 0 bridgehead atoms. The second-order valence-corrected chi connectivity index (χ2v) is 2.42. The molecule has 0 aliphatic rings. The second kappa shape index (κ2) is 12.5. The standard InChI is InChI=1S/C8H6O6.4Na/c9-5-1-3(7(11)12)6(10)2-4(5)8(13)14;;;;/h1-2,9-10H,(H,11,12)(H,13,14);;;;/q;4*+1/p-4. The van der Waals surface area contributed by atoms with E-state index in [1.165, 1.54) is 0 Å². The third kappa shape index (κ3) is 7.52. The van der Waals surface area contributed by atoms with Gasteiger partial charge in [0.05, 0.1) is 11.9 Å². The molecule has 0 saturated heterocycles. The van der Waals surface area contributed by atoms with Crippen LogP contribution < -0.4 is 139 Å². The zero-order valence-electron chi connectivity index (χ0n) is 10.6. The molecule has 0 N–H and O–H groups in total. The van der Waals surface area contributed by atoms with Crippen molar-refractivity contribution >= 4 is 11.9 Å². The molecule has 6 nitrogen and oxygen atoms in total. The van der Waals surface area contributed by atoms with Crippen LogP contribution in [0, 0.1) is 0 Å². The summed E-state index contributed by atoms with van der Waals surface area (Å²) in [4.78, 5) is 20.5. The first-order valence-corrected chi connectivity index (χ1v) is 3.38. The van der Waals surface area contributed by atoms with Crippen LogP contribution in [0.3, 0.4) is 0 Å². The summed E-state index contributed by atoms with van der Waals surface area (Å²) in [7, 11) is 0. The van der Waals surface area contributed by atoms with Crippen LogP contribution >= 0.6 is 0 Å². The van der Waals surface area contributed by atoms with Gasteiger partial charge >= 0.3 is 118 Å². The number of rotatable bonds is 2. The number of hydrogen-bond acceptors (Lipinski definition) is 6. The van der Waals surface area contributed by atoms with Crippen molar-refractivity contribution in [1.29, 1.82) is 0 Å². The van der Waals surface area contributed by atoms with Crippen LogP contribution in [0.25, 0.3) is 0 Å². The molecule has 1 rings (SSSR count). The van der Waals surface area contributed by atoms with Crippen molar-refractivity contribution in [3.63, 3.8) is 0 Å². The summed E-state index contributed by atoms with van der Waals surface area (Å²) in [6, 6.07) is 0.811. The number of carbonyl (C=O) groups excluding carboxylic acids is 2.